The van der Waals surface area contributed by atoms with Crippen LogP contribution in [-0.4, -0.2) is 6.04 Å². The number of thiophene rings is 1. The van der Waals surface area contributed by atoms with Crippen LogP contribution in [0.2, 0.25) is 0 Å². The Balaban J connectivity index is 1.94. The minimum atomic E-state index is -0.159. The molecular weight excluding hydrogens is 245 g/mol. The van der Waals surface area contributed by atoms with Crippen molar-refractivity contribution in [3.8, 4) is 10.4 Å². The number of nitrogens with one attached hydrogen (secondary N) is 1. The fourth-order valence-corrected chi connectivity index (χ4v) is 3.08. The maximum atomic E-state index is 13.5. The summed E-state index contributed by atoms with van der Waals surface area (Å²) >= 11 is 1.68. The van der Waals surface area contributed by atoms with Crippen LogP contribution < -0.4 is 5.32 Å². The minimum absolute atomic E-state index is 0.159. The summed E-state index contributed by atoms with van der Waals surface area (Å²) in [6.45, 7) is 2.91. The van der Waals surface area contributed by atoms with Crippen molar-refractivity contribution in [3.63, 3.8) is 0 Å². The van der Waals surface area contributed by atoms with Gasteiger partial charge in [0.1, 0.15) is 5.82 Å². The molecule has 18 heavy (non-hydrogen) atoms. The van der Waals surface area contributed by atoms with Gasteiger partial charge in [-0.15, -0.1) is 11.3 Å². The predicted octanol–water partition coefficient (Wildman–Crippen LogP) is 4.11. The standard InChI is InChI=1S/C15H16FNS/c1-10-6-7-18-15(10)14-8-12(16)3-2-11(14)9-17-13-4-5-13/h2-3,6-8,13,17H,4-5,9H2,1H3. The van der Waals surface area contributed by atoms with Crippen LogP contribution in [0.15, 0.2) is 29.6 Å². The van der Waals surface area contributed by atoms with Gasteiger partial charge in [0.05, 0.1) is 0 Å². The van der Waals surface area contributed by atoms with E-state index in [0.29, 0.717) is 6.04 Å². The molecule has 1 aromatic carbocycles. The zero-order valence-electron chi connectivity index (χ0n) is 10.4. The molecule has 1 aromatic heterocycles. The van der Waals surface area contributed by atoms with Gasteiger partial charge in [-0.05, 0) is 60.0 Å². The quantitative estimate of drug-likeness (QED) is 0.873. The molecule has 94 valence electrons. The van der Waals surface area contributed by atoms with Crippen LogP contribution in [0, 0.1) is 12.7 Å². The van der Waals surface area contributed by atoms with Gasteiger partial charge in [-0.3, -0.25) is 0 Å². The number of hydrogen-bond donors (Lipinski definition) is 1. The predicted molar refractivity (Wildman–Crippen MR) is 74.3 cm³/mol. The van der Waals surface area contributed by atoms with Gasteiger partial charge in [0.15, 0.2) is 0 Å². The molecule has 3 rings (SSSR count). The largest absolute Gasteiger partial charge is 0.310 e. The Morgan fingerprint density at radius 3 is 2.83 bits per heavy atom. The average Bonchev–Trinajstić information content (AvgIpc) is 3.09. The summed E-state index contributed by atoms with van der Waals surface area (Å²) < 4.78 is 13.5. The number of aryl methyl sites for hydroxylation is 1. The molecule has 1 N–H and O–H groups in total. The molecule has 1 saturated carbocycles. The molecule has 1 heterocycles. The molecule has 0 bridgehead atoms. The molecular formula is C15H16FNS. The topological polar surface area (TPSA) is 12.0 Å². The van der Waals surface area contributed by atoms with E-state index in [1.807, 2.05) is 6.07 Å². The monoisotopic (exact) mass is 261 g/mol. The van der Waals surface area contributed by atoms with Crippen LogP contribution in [0.3, 0.4) is 0 Å². The molecule has 0 aliphatic heterocycles. The van der Waals surface area contributed by atoms with Crippen LogP contribution in [0.4, 0.5) is 4.39 Å². The average molecular weight is 261 g/mol. The third-order valence-electron chi connectivity index (χ3n) is 3.34. The summed E-state index contributed by atoms with van der Waals surface area (Å²) in [6.07, 6.45) is 2.54. The van der Waals surface area contributed by atoms with Gasteiger partial charge in [-0.2, -0.15) is 0 Å². The lowest BCUT2D eigenvalue weighted by molar-refractivity contribution is 0.625. The van der Waals surface area contributed by atoms with E-state index in [-0.39, 0.29) is 5.82 Å². The van der Waals surface area contributed by atoms with Crippen LogP contribution in [-0.2, 0) is 6.54 Å². The van der Waals surface area contributed by atoms with Gasteiger partial charge in [0.25, 0.3) is 0 Å². The highest BCUT2D eigenvalue weighted by Gasteiger charge is 2.21. The lowest BCUT2D eigenvalue weighted by Gasteiger charge is -2.10. The molecule has 0 atom stereocenters. The van der Waals surface area contributed by atoms with E-state index in [1.54, 1.807) is 23.5 Å². The van der Waals surface area contributed by atoms with Gasteiger partial charge in [0.2, 0.25) is 0 Å². The summed E-state index contributed by atoms with van der Waals surface area (Å²) in [4.78, 5) is 1.18. The third kappa shape index (κ3) is 2.47. The lowest BCUT2D eigenvalue weighted by Crippen LogP contribution is -2.15. The number of rotatable bonds is 4. The summed E-state index contributed by atoms with van der Waals surface area (Å²) in [7, 11) is 0. The summed E-state index contributed by atoms with van der Waals surface area (Å²) in [5.74, 6) is -0.159. The Bertz CT molecular complexity index is 557. The SMILES string of the molecule is Cc1ccsc1-c1cc(F)ccc1CNC1CC1. The van der Waals surface area contributed by atoms with Gasteiger partial charge in [0, 0.05) is 17.5 Å². The Morgan fingerprint density at radius 2 is 2.17 bits per heavy atom. The normalized spacial score (nSPS) is 15.0. The highest BCUT2D eigenvalue weighted by atomic mass is 32.1. The second-order valence-corrected chi connectivity index (χ2v) is 5.81. The van der Waals surface area contributed by atoms with E-state index in [2.05, 4.69) is 23.7 Å². The number of hydrogen-bond acceptors (Lipinski definition) is 2. The summed E-state index contributed by atoms with van der Waals surface area (Å²) in [5, 5.41) is 5.56. The van der Waals surface area contributed by atoms with E-state index in [0.717, 1.165) is 12.1 Å². The Hall–Kier alpha value is -1.19. The van der Waals surface area contributed by atoms with Crippen molar-refractivity contribution in [1.29, 1.82) is 0 Å². The molecule has 1 aliphatic carbocycles. The number of benzene rings is 1. The Kier molecular flexibility index (Phi) is 3.18. The van der Waals surface area contributed by atoms with Crippen molar-refractivity contribution in [2.75, 3.05) is 0 Å². The molecule has 2 aromatic rings. The zero-order chi connectivity index (χ0) is 12.5. The second kappa shape index (κ2) is 4.82. The molecule has 0 unspecified atom stereocenters. The van der Waals surface area contributed by atoms with Crippen molar-refractivity contribution in [2.45, 2.75) is 32.4 Å². The molecule has 0 radical (unpaired) electrons. The first-order valence-corrected chi connectivity index (χ1v) is 7.18. The van der Waals surface area contributed by atoms with Crippen molar-refractivity contribution >= 4 is 11.3 Å². The smallest absolute Gasteiger partial charge is 0.123 e. The first-order valence-electron chi connectivity index (χ1n) is 6.30. The van der Waals surface area contributed by atoms with E-state index in [1.165, 1.54) is 28.8 Å². The van der Waals surface area contributed by atoms with E-state index in [4.69, 9.17) is 0 Å². The van der Waals surface area contributed by atoms with Crippen LogP contribution in [0.5, 0.6) is 0 Å². The van der Waals surface area contributed by atoms with Crippen LogP contribution in [0.25, 0.3) is 10.4 Å². The van der Waals surface area contributed by atoms with Crippen LogP contribution in [0.1, 0.15) is 24.0 Å². The molecule has 1 aliphatic rings. The highest BCUT2D eigenvalue weighted by Crippen LogP contribution is 2.32. The molecule has 1 fully saturated rings. The molecule has 0 saturated heterocycles. The van der Waals surface area contributed by atoms with Crippen molar-refractivity contribution in [1.82, 2.24) is 5.32 Å². The Labute approximate surface area is 111 Å². The minimum Gasteiger partial charge on any atom is -0.310 e. The van der Waals surface area contributed by atoms with Gasteiger partial charge in [-0.25, -0.2) is 4.39 Å². The molecule has 0 spiro atoms. The number of halogens is 1. The van der Waals surface area contributed by atoms with E-state index >= 15 is 0 Å². The zero-order valence-corrected chi connectivity index (χ0v) is 11.2. The Morgan fingerprint density at radius 1 is 1.33 bits per heavy atom. The molecule has 3 heteroatoms. The maximum Gasteiger partial charge on any atom is 0.123 e. The lowest BCUT2D eigenvalue weighted by atomic mass is 10.0. The third-order valence-corrected chi connectivity index (χ3v) is 4.39. The van der Waals surface area contributed by atoms with E-state index < -0.39 is 0 Å². The second-order valence-electron chi connectivity index (χ2n) is 4.89. The summed E-state index contributed by atoms with van der Waals surface area (Å²) in [6, 6.07) is 7.87. The first kappa shape index (κ1) is 11.9. The van der Waals surface area contributed by atoms with Crippen molar-refractivity contribution in [3.05, 3.63) is 46.6 Å². The van der Waals surface area contributed by atoms with Crippen LogP contribution >= 0.6 is 11.3 Å². The molecule has 1 nitrogen and oxygen atoms in total. The first-order chi connectivity index (χ1) is 8.74. The fraction of sp³-hybridized carbons (Fsp3) is 0.333. The van der Waals surface area contributed by atoms with E-state index in [9.17, 15) is 4.39 Å². The fourth-order valence-electron chi connectivity index (χ4n) is 2.10. The van der Waals surface area contributed by atoms with Gasteiger partial charge in [-0.1, -0.05) is 6.07 Å². The highest BCUT2D eigenvalue weighted by molar-refractivity contribution is 7.13. The summed E-state index contributed by atoms with van der Waals surface area (Å²) in [5.41, 5.74) is 3.45. The van der Waals surface area contributed by atoms with Gasteiger partial charge < -0.3 is 5.32 Å². The maximum absolute atomic E-state index is 13.5. The van der Waals surface area contributed by atoms with Crippen molar-refractivity contribution in [2.24, 2.45) is 0 Å². The van der Waals surface area contributed by atoms with Gasteiger partial charge >= 0.3 is 0 Å². The molecule has 0 amide bonds. The van der Waals surface area contributed by atoms with Crippen molar-refractivity contribution < 1.29 is 4.39 Å².